The molecule has 32 heavy (non-hydrogen) atoms. The lowest BCUT2D eigenvalue weighted by Crippen LogP contribution is -2.55. The van der Waals surface area contributed by atoms with E-state index in [-0.39, 0.29) is 6.42 Å². The van der Waals surface area contributed by atoms with E-state index in [2.05, 4.69) is 41.5 Å². The second-order valence-corrected chi connectivity index (χ2v) is 12.8. The van der Waals surface area contributed by atoms with Gasteiger partial charge in [0.05, 0.1) is 0 Å². The van der Waals surface area contributed by atoms with Gasteiger partial charge in [-0.3, -0.25) is 9.59 Å². The van der Waals surface area contributed by atoms with Crippen LogP contribution in [0.3, 0.4) is 0 Å². The lowest BCUT2D eigenvalue weighted by atomic mass is 9.45. The molecule has 0 aromatic heterocycles. The van der Waals surface area contributed by atoms with Gasteiger partial charge >= 0.3 is 5.97 Å². The molecule has 6 unspecified atom stereocenters. The maximum atomic E-state index is 13.4. The molecule has 0 bridgehead atoms. The number of Topliss-reactive ketones (excluding diaryl/α,β-unsaturated/α-hetero) is 1. The summed E-state index contributed by atoms with van der Waals surface area (Å²) in [5.41, 5.74) is -0.0336. The van der Waals surface area contributed by atoms with Crippen LogP contribution < -0.4 is 0 Å². The van der Waals surface area contributed by atoms with Gasteiger partial charge < -0.3 is 5.11 Å². The molecule has 0 aromatic rings. The summed E-state index contributed by atoms with van der Waals surface area (Å²) < 4.78 is 0. The van der Waals surface area contributed by atoms with E-state index in [9.17, 15) is 14.7 Å². The first-order valence-electron chi connectivity index (χ1n) is 13.8. The lowest BCUT2D eigenvalue weighted by Gasteiger charge is -2.59. The Bertz CT molecular complexity index is 669. The number of ketones is 1. The highest BCUT2D eigenvalue weighted by Crippen LogP contribution is 2.67. The summed E-state index contributed by atoms with van der Waals surface area (Å²) in [6.45, 7) is 14.2. The number of carboxylic acids is 1. The van der Waals surface area contributed by atoms with E-state index in [0.717, 1.165) is 37.0 Å². The van der Waals surface area contributed by atoms with Gasteiger partial charge in [-0.1, -0.05) is 67.2 Å². The second-order valence-electron chi connectivity index (χ2n) is 12.8. The van der Waals surface area contributed by atoms with Crippen molar-refractivity contribution in [3.8, 4) is 0 Å². The molecule has 1 N–H and O–H groups in total. The number of carbonyl (C=O) groups excluding carboxylic acids is 1. The summed E-state index contributed by atoms with van der Waals surface area (Å²) in [4.78, 5) is 24.8. The average molecular weight is 447 g/mol. The van der Waals surface area contributed by atoms with E-state index in [1.54, 1.807) is 0 Å². The van der Waals surface area contributed by atoms with Crippen molar-refractivity contribution < 1.29 is 14.7 Å². The third kappa shape index (κ3) is 4.83. The van der Waals surface area contributed by atoms with Crippen LogP contribution in [0.2, 0.25) is 0 Å². The Balaban J connectivity index is 1.83. The normalized spacial score (nSPS) is 40.2. The predicted molar refractivity (Wildman–Crippen MR) is 131 cm³/mol. The number of hydrogen-bond acceptors (Lipinski definition) is 2. The third-order valence-electron chi connectivity index (χ3n) is 10.5. The summed E-state index contributed by atoms with van der Waals surface area (Å²) in [6, 6.07) is 0. The molecule has 0 heterocycles. The monoisotopic (exact) mass is 446 g/mol. The quantitative estimate of drug-likeness (QED) is 0.373. The van der Waals surface area contributed by atoms with Crippen LogP contribution in [0, 0.1) is 52.3 Å². The molecule has 3 rings (SSSR count). The molecular weight excluding hydrogens is 396 g/mol. The Morgan fingerprint density at radius 1 is 1.09 bits per heavy atom. The highest BCUT2D eigenvalue weighted by atomic mass is 16.4. The number of aliphatic carboxylic acids is 1. The lowest BCUT2D eigenvalue weighted by molar-refractivity contribution is -0.155. The van der Waals surface area contributed by atoms with Gasteiger partial charge in [-0.15, -0.1) is 0 Å². The number of rotatable bonds is 10. The molecule has 0 saturated heterocycles. The molecule has 0 aromatic carbocycles. The molecule has 8 atom stereocenters. The second kappa shape index (κ2) is 10.2. The van der Waals surface area contributed by atoms with Crippen molar-refractivity contribution >= 4 is 11.8 Å². The third-order valence-corrected chi connectivity index (χ3v) is 10.5. The SMILES string of the molecule is CCCC1CC(=O)[C@](C)(CCC(=O)O)C2CC[C@]3(C)C(C(C)CCCC(C)C)CCC3C12. The molecule has 3 aliphatic rings. The van der Waals surface area contributed by atoms with Crippen molar-refractivity contribution in [3.63, 3.8) is 0 Å². The summed E-state index contributed by atoms with van der Waals surface area (Å²) >= 11 is 0. The standard InChI is InChI=1S/C29H50O3/c1-7-9-21-18-25(30)29(6,17-15-26(31)32)24-14-16-28(5)22(12-13-23(28)27(21)24)20(4)11-8-10-19(2)3/h19-24,27H,7-18H2,1-6H3,(H,31,32)/t20?,21?,22?,23?,24?,27?,28-,29-/m1/s1. The van der Waals surface area contributed by atoms with Gasteiger partial charge in [0.25, 0.3) is 0 Å². The Hall–Kier alpha value is -0.860. The maximum Gasteiger partial charge on any atom is 0.303 e. The van der Waals surface area contributed by atoms with E-state index in [1.165, 1.54) is 38.5 Å². The first kappa shape index (κ1) is 25.8. The van der Waals surface area contributed by atoms with Crippen molar-refractivity contribution in [3.05, 3.63) is 0 Å². The molecule has 3 nitrogen and oxygen atoms in total. The van der Waals surface area contributed by atoms with Crippen LogP contribution in [-0.2, 0) is 9.59 Å². The summed E-state index contributed by atoms with van der Waals surface area (Å²) in [6.07, 6.45) is 12.7. The molecule has 3 fully saturated rings. The van der Waals surface area contributed by atoms with Crippen LogP contribution in [0.1, 0.15) is 119 Å². The van der Waals surface area contributed by atoms with E-state index in [0.29, 0.717) is 47.7 Å². The average Bonchev–Trinajstić information content (AvgIpc) is 3.07. The summed E-state index contributed by atoms with van der Waals surface area (Å²) in [5, 5.41) is 9.36. The molecule has 3 aliphatic carbocycles. The highest BCUT2D eigenvalue weighted by Gasteiger charge is 2.62. The van der Waals surface area contributed by atoms with Crippen LogP contribution in [0.25, 0.3) is 0 Å². The highest BCUT2D eigenvalue weighted by molar-refractivity contribution is 5.86. The Kier molecular flexibility index (Phi) is 8.19. The molecule has 0 spiro atoms. The first-order valence-corrected chi connectivity index (χ1v) is 13.8. The van der Waals surface area contributed by atoms with Crippen LogP contribution in [0.5, 0.6) is 0 Å². The molecule has 184 valence electrons. The van der Waals surface area contributed by atoms with E-state index < -0.39 is 11.4 Å². The summed E-state index contributed by atoms with van der Waals surface area (Å²) in [7, 11) is 0. The minimum Gasteiger partial charge on any atom is -0.481 e. The first-order chi connectivity index (χ1) is 15.0. The Morgan fingerprint density at radius 3 is 2.44 bits per heavy atom. The van der Waals surface area contributed by atoms with Gasteiger partial charge in [0.15, 0.2) is 0 Å². The molecular formula is C29H50O3. The van der Waals surface area contributed by atoms with E-state index in [4.69, 9.17) is 0 Å². The van der Waals surface area contributed by atoms with Crippen LogP contribution in [-0.4, -0.2) is 16.9 Å². The Morgan fingerprint density at radius 2 is 1.81 bits per heavy atom. The molecule has 0 radical (unpaired) electrons. The topological polar surface area (TPSA) is 54.4 Å². The van der Waals surface area contributed by atoms with Gasteiger partial charge in [-0.2, -0.15) is 0 Å². The smallest absolute Gasteiger partial charge is 0.303 e. The minimum absolute atomic E-state index is 0.126. The van der Waals surface area contributed by atoms with E-state index in [1.807, 2.05) is 0 Å². The minimum atomic E-state index is -0.761. The molecule has 3 saturated carbocycles. The predicted octanol–water partition coefficient (Wildman–Crippen LogP) is 7.77. The zero-order valence-electron chi connectivity index (χ0n) is 21.8. The van der Waals surface area contributed by atoms with Gasteiger partial charge in [-0.25, -0.2) is 0 Å². The summed E-state index contributed by atoms with van der Waals surface area (Å²) in [5.74, 6) is 4.21. The van der Waals surface area contributed by atoms with Gasteiger partial charge in [0.2, 0.25) is 0 Å². The van der Waals surface area contributed by atoms with E-state index >= 15 is 0 Å². The number of carbonyl (C=O) groups is 2. The zero-order valence-corrected chi connectivity index (χ0v) is 21.8. The van der Waals surface area contributed by atoms with Gasteiger partial charge in [-0.05, 0) is 85.4 Å². The van der Waals surface area contributed by atoms with Crippen molar-refractivity contribution in [2.24, 2.45) is 52.3 Å². The largest absolute Gasteiger partial charge is 0.481 e. The van der Waals surface area contributed by atoms with Gasteiger partial charge in [0.1, 0.15) is 5.78 Å². The zero-order chi connectivity index (χ0) is 23.7. The van der Waals surface area contributed by atoms with Crippen LogP contribution >= 0.6 is 0 Å². The number of hydrogen-bond donors (Lipinski definition) is 1. The number of fused-ring (bicyclic) bond motifs is 3. The fourth-order valence-electron chi connectivity index (χ4n) is 8.79. The maximum absolute atomic E-state index is 13.4. The van der Waals surface area contributed by atoms with Crippen LogP contribution in [0.4, 0.5) is 0 Å². The fraction of sp³-hybridized carbons (Fsp3) is 0.931. The van der Waals surface area contributed by atoms with Crippen molar-refractivity contribution in [1.29, 1.82) is 0 Å². The molecule has 0 aliphatic heterocycles. The van der Waals surface area contributed by atoms with Crippen molar-refractivity contribution in [2.45, 2.75) is 119 Å². The van der Waals surface area contributed by atoms with Crippen LogP contribution in [0.15, 0.2) is 0 Å². The van der Waals surface area contributed by atoms with Crippen molar-refractivity contribution in [1.82, 2.24) is 0 Å². The fourth-order valence-corrected chi connectivity index (χ4v) is 8.79. The Labute approximate surface area is 197 Å². The van der Waals surface area contributed by atoms with Gasteiger partial charge in [0, 0.05) is 18.3 Å². The number of carboxylic acid groups (broad SMARTS) is 1. The molecule has 3 heteroatoms. The van der Waals surface area contributed by atoms with Crippen molar-refractivity contribution in [2.75, 3.05) is 0 Å². The molecule has 0 amide bonds.